The molecule has 2 rings (SSSR count). The van der Waals surface area contributed by atoms with Crippen LogP contribution in [0.1, 0.15) is 5.56 Å². The molecule has 0 radical (unpaired) electrons. The number of sulfonamides is 1. The molecule has 4 nitrogen and oxygen atoms in total. The Morgan fingerprint density at radius 2 is 1.95 bits per heavy atom. The van der Waals surface area contributed by atoms with E-state index in [0.29, 0.717) is 20.5 Å². The molecule has 0 aliphatic heterocycles. The number of hydrogen-bond acceptors (Lipinski definition) is 3. The van der Waals surface area contributed by atoms with Crippen molar-refractivity contribution in [1.82, 2.24) is 0 Å². The van der Waals surface area contributed by atoms with Crippen molar-refractivity contribution in [3.8, 4) is 0 Å². The molecule has 0 unspecified atom stereocenters. The molecule has 7 heteroatoms. The highest BCUT2D eigenvalue weighted by Crippen LogP contribution is 2.21. The van der Waals surface area contributed by atoms with Crippen molar-refractivity contribution < 1.29 is 12.8 Å². The Morgan fingerprint density at radius 1 is 1.20 bits per heavy atom. The number of nitrogens with one attached hydrogen (secondary N) is 1. The smallest absolute Gasteiger partial charge is 0.236 e. The lowest BCUT2D eigenvalue weighted by molar-refractivity contribution is 0.600. The third-order valence-corrected chi connectivity index (χ3v) is 4.64. The summed E-state index contributed by atoms with van der Waals surface area (Å²) in [5, 5.41) is 0. The molecule has 0 fully saturated rings. The van der Waals surface area contributed by atoms with Gasteiger partial charge in [-0.3, -0.25) is 4.72 Å². The number of anilines is 2. The van der Waals surface area contributed by atoms with Gasteiger partial charge >= 0.3 is 0 Å². The minimum atomic E-state index is -3.57. The predicted octanol–water partition coefficient (Wildman–Crippen LogP) is 2.95. The van der Waals surface area contributed by atoms with Gasteiger partial charge in [-0.15, -0.1) is 0 Å². The number of nitrogens with two attached hydrogens (primary N) is 1. The van der Waals surface area contributed by atoms with Gasteiger partial charge in [0.1, 0.15) is 5.82 Å². The van der Waals surface area contributed by atoms with Gasteiger partial charge in [0.05, 0.1) is 11.4 Å². The monoisotopic (exact) mass is 406 g/mol. The van der Waals surface area contributed by atoms with E-state index < -0.39 is 15.8 Å². The topological polar surface area (TPSA) is 72.2 Å². The molecule has 0 saturated carbocycles. The van der Waals surface area contributed by atoms with Gasteiger partial charge in [-0.2, -0.15) is 0 Å². The van der Waals surface area contributed by atoms with Crippen molar-refractivity contribution >= 4 is 44.0 Å². The molecule has 3 N–H and O–H groups in total. The minimum Gasteiger partial charge on any atom is -0.399 e. The van der Waals surface area contributed by atoms with Crippen molar-refractivity contribution in [3.05, 3.63) is 57.4 Å². The molecule has 0 atom stereocenters. The molecule has 0 amide bonds. The SMILES string of the molecule is Nc1cccc(CS(=O)(=O)Nc2ccc(F)cc2I)c1. The second-order valence-electron chi connectivity index (χ2n) is 4.23. The molecule has 2 aromatic rings. The first-order chi connectivity index (χ1) is 9.35. The molecule has 0 heterocycles. The highest BCUT2D eigenvalue weighted by Gasteiger charge is 2.14. The van der Waals surface area contributed by atoms with E-state index in [0.717, 1.165) is 0 Å². The van der Waals surface area contributed by atoms with Crippen LogP contribution in [-0.4, -0.2) is 8.42 Å². The fourth-order valence-electron chi connectivity index (χ4n) is 1.68. The molecule has 0 saturated heterocycles. The second-order valence-corrected chi connectivity index (χ2v) is 7.11. The summed E-state index contributed by atoms with van der Waals surface area (Å²) in [6, 6.07) is 10.5. The molecule has 0 aromatic heterocycles. The number of halogens is 2. The summed E-state index contributed by atoms with van der Waals surface area (Å²) >= 11 is 1.88. The molecule has 0 bridgehead atoms. The van der Waals surface area contributed by atoms with Gasteiger partial charge in [0.25, 0.3) is 0 Å². The van der Waals surface area contributed by atoms with Crippen LogP contribution in [0.4, 0.5) is 15.8 Å². The fraction of sp³-hybridized carbons (Fsp3) is 0.0769. The maximum absolute atomic E-state index is 13.0. The van der Waals surface area contributed by atoms with E-state index in [1.807, 2.05) is 22.6 Å². The summed E-state index contributed by atoms with van der Waals surface area (Å²) in [5.41, 5.74) is 7.07. The van der Waals surface area contributed by atoms with Crippen LogP contribution in [0.25, 0.3) is 0 Å². The first-order valence-electron chi connectivity index (χ1n) is 5.66. The zero-order valence-corrected chi connectivity index (χ0v) is 13.3. The fourth-order valence-corrected chi connectivity index (χ4v) is 3.68. The molecule has 106 valence electrons. The van der Waals surface area contributed by atoms with E-state index in [4.69, 9.17) is 5.73 Å². The minimum absolute atomic E-state index is 0.189. The Labute approximate surface area is 130 Å². The molecular weight excluding hydrogens is 394 g/mol. The van der Waals surface area contributed by atoms with Crippen LogP contribution in [0.3, 0.4) is 0 Å². The van der Waals surface area contributed by atoms with E-state index >= 15 is 0 Å². The van der Waals surface area contributed by atoms with Gasteiger partial charge in [0.2, 0.25) is 10.0 Å². The lowest BCUT2D eigenvalue weighted by atomic mass is 10.2. The van der Waals surface area contributed by atoms with Crippen LogP contribution in [0.15, 0.2) is 42.5 Å². The first-order valence-corrected chi connectivity index (χ1v) is 8.39. The van der Waals surface area contributed by atoms with Crippen LogP contribution < -0.4 is 10.5 Å². The Hall–Kier alpha value is -1.35. The zero-order chi connectivity index (χ0) is 14.8. The van der Waals surface area contributed by atoms with Gasteiger partial charge in [0.15, 0.2) is 0 Å². The Bertz CT molecular complexity index is 735. The van der Waals surface area contributed by atoms with Gasteiger partial charge in [-0.25, -0.2) is 12.8 Å². The van der Waals surface area contributed by atoms with E-state index in [9.17, 15) is 12.8 Å². The first kappa shape index (κ1) is 15.0. The van der Waals surface area contributed by atoms with E-state index in [2.05, 4.69) is 4.72 Å². The van der Waals surface area contributed by atoms with Gasteiger partial charge in [0, 0.05) is 9.26 Å². The third-order valence-electron chi connectivity index (χ3n) is 2.50. The molecule has 0 aliphatic carbocycles. The average Bonchev–Trinajstić information content (AvgIpc) is 2.32. The number of nitrogen functional groups attached to an aromatic ring is 1. The highest BCUT2D eigenvalue weighted by molar-refractivity contribution is 14.1. The van der Waals surface area contributed by atoms with Gasteiger partial charge in [-0.1, -0.05) is 12.1 Å². The van der Waals surface area contributed by atoms with E-state index in [-0.39, 0.29) is 5.75 Å². The average molecular weight is 406 g/mol. The normalized spacial score (nSPS) is 11.3. The van der Waals surface area contributed by atoms with Gasteiger partial charge in [-0.05, 0) is 58.5 Å². The van der Waals surface area contributed by atoms with Crippen LogP contribution in [0.5, 0.6) is 0 Å². The summed E-state index contributed by atoms with van der Waals surface area (Å²) in [7, 11) is -3.57. The van der Waals surface area contributed by atoms with E-state index in [1.54, 1.807) is 24.3 Å². The maximum Gasteiger partial charge on any atom is 0.236 e. The van der Waals surface area contributed by atoms with Crippen LogP contribution in [-0.2, 0) is 15.8 Å². The van der Waals surface area contributed by atoms with Gasteiger partial charge < -0.3 is 5.73 Å². The Morgan fingerprint density at radius 3 is 2.60 bits per heavy atom. The van der Waals surface area contributed by atoms with Crippen molar-refractivity contribution in [3.63, 3.8) is 0 Å². The predicted molar refractivity (Wildman–Crippen MR) is 86.2 cm³/mol. The summed E-state index contributed by atoms with van der Waals surface area (Å²) < 4.78 is 40.1. The second kappa shape index (κ2) is 5.96. The molecule has 20 heavy (non-hydrogen) atoms. The van der Waals surface area contributed by atoms with Crippen molar-refractivity contribution in [2.24, 2.45) is 0 Å². The van der Waals surface area contributed by atoms with Crippen LogP contribution in [0, 0.1) is 9.39 Å². The third kappa shape index (κ3) is 4.07. The number of benzene rings is 2. The number of rotatable bonds is 4. The lowest BCUT2D eigenvalue weighted by Crippen LogP contribution is -2.16. The summed E-state index contributed by atoms with van der Waals surface area (Å²) in [6.45, 7) is 0. The van der Waals surface area contributed by atoms with Crippen LogP contribution >= 0.6 is 22.6 Å². The van der Waals surface area contributed by atoms with Crippen molar-refractivity contribution in [2.45, 2.75) is 5.75 Å². The number of hydrogen-bond donors (Lipinski definition) is 2. The summed E-state index contributed by atoms with van der Waals surface area (Å²) in [5.74, 6) is -0.598. The lowest BCUT2D eigenvalue weighted by Gasteiger charge is -2.10. The summed E-state index contributed by atoms with van der Waals surface area (Å²) in [6.07, 6.45) is 0. The van der Waals surface area contributed by atoms with Crippen molar-refractivity contribution in [1.29, 1.82) is 0 Å². The van der Waals surface area contributed by atoms with Crippen molar-refractivity contribution in [2.75, 3.05) is 10.5 Å². The largest absolute Gasteiger partial charge is 0.399 e. The summed E-state index contributed by atoms with van der Waals surface area (Å²) in [4.78, 5) is 0. The highest BCUT2D eigenvalue weighted by atomic mass is 127. The molecule has 2 aromatic carbocycles. The Balaban J connectivity index is 2.19. The Kier molecular flexibility index (Phi) is 4.48. The molecular formula is C13H12FIN2O2S. The molecule has 0 aliphatic rings. The zero-order valence-electron chi connectivity index (χ0n) is 10.3. The molecule has 0 spiro atoms. The van der Waals surface area contributed by atoms with Crippen LogP contribution in [0.2, 0.25) is 0 Å². The quantitative estimate of drug-likeness (QED) is 0.606. The standard InChI is InChI=1S/C13H12FIN2O2S/c14-10-4-5-13(12(15)7-10)17-20(18,19)8-9-2-1-3-11(16)6-9/h1-7,17H,8,16H2. The van der Waals surface area contributed by atoms with E-state index in [1.165, 1.54) is 18.2 Å². The maximum atomic E-state index is 13.0.